The van der Waals surface area contributed by atoms with Crippen molar-refractivity contribution < 1.29 is 0 Å². The maximum atomic E-state index is 12.4. The molecule has 0 amide bonds. The van der Waals surface area contributed by atoms with Crippen LogP contribution in [0.4, 0.5) is 0 Å². The zero-order valence-electron chi connectivity index (χ0n) is 14.0. The number of H-pyrrole nitrogens is 1. The molecule has 0 atom stereocenters. The molecule has 0 fully saturated rings. The van der Waals surface area contributed by atoms with E-state index >= 15 is 0 Å². The van der Waals surface area contributed by atoms with Gasteiger partial charge >= 0.3 is 5.69 Å². The lowest BCUT2D eigenvalue weighted by atomic mass is 10.1. The molecule has 3 nitrogen and oxygen atoms in total. The lowest BCUT2D eigenvalue weighted by Crippen LogP contribution is -2.17. The van der Waals surface area contributed by atoms with E-state index in [0.29, 0.717) is 11.6 Å². The van der Waals surface area contributed by atoms with Crippen molar-refractivity contribution in [2.45, 2.75) is 6.54 Å². The van der Waals surface area contributed by atoms with Gasteiger partial charge in [0, 0.05) is 5.02 Å². The average molecular weight is 361 g/mol. The lowest BCUT2D eigenvalue weighted by molar-refractivity contribution is 0.786. The van der Waals surface area contributed by atoms with Gasteiger partial charge in [-0.05, 0) is 34.9 Å². The molecule has 4 heteroatoms. The Labute approximate surface area is 156 Å². The van der Waals surface area contributed by atoms with E-state index in [4.69, 9.17) is 11.6 Å². The lowest BCUT2D eigenvalue weighted by Gasteiger charge is -2.08. The van der Waals surface area contributed by atoms with Crippen LogP contribution in [-0.2, 0) is 6.54 Å². The molecule has 0 aliphatic rings. The Morgan fingerprint density at radius 3 is 2.35 bits per heavy atom. The van der Waals surface area contributed by atoms with Gasteiger partial charge in [-0.2, -0.15) is 0 Å². The highest BCUT2D eigenvalue weighted by molar-refractivity contribution is 6.32. The fourth-order valence-corrected chi connectivity index (χ4v) is 3.26. The zero-order chi connectivity index (χ0) is 17.9. The van der Waals surface area contributed by atoms with Crippen molar-refractivity contribution in [1.29, 1.82) is 0 Å². The van der Waals surface area contributed by atoms with E-state index in [0.717, 1.165) is 27.7 Å². The summed E-state index contributed by atoms with van der Waals surface area (Å²) < 4.78 is 1.76. The highest BCUT2D eigenvalue weighted by Gasteiger charge is 2.08. The molecule has 1 heterocycles. The fourth-order valence-electron chi connectivity index (χ4n) is 3.06. The molecule has 0 spiro atoms. The van der Waals surface area contributed by atoms with Crippen LogP contribution in [0.2, 0.25) is 5.02 Å². The van der Waals surface area contributed by atoms with Crippen molar-refractivity contribution in [1.82, 2.24) is 9.55 Å². The molecule has 0 unspecified atom stereocenters. The summed E-state index contributed by atoms with van der Waals surface area (Å²) in [5, 5.41) is 0.717. The summed E-state index contributed by atoms with van der Waals surface area (Å²) in [6.45, 7) is 0.506. The molecule has 0 saturated carbocycles. The molecular formula is C22H17ClN2O. The standard InChI is InChI=1S/C22H17ClN2O/c23-19-10-4-3-8-17(19)14-13-16-7-1-2-9-18(16)15-25-21-12-6-5-11-20(21)24-22(25)26/h1-14H,15H2,(H,24,26)/b14-13+. The van der Waals surface area contributed by atoms with E-state index in [9.17, 15) is 4.79 Å². The Morgan fingerprint density at radius 1 is 0.846 bits per heavy atom. The van der Waals surface area contributed by atoms with Gasteiger partial charge in [-0.15, -0.1) is 0 Å². The van der Waals surface area contributed by atoms with Gasteiger partial charge in [-0.3, -0.25) is 4.57 Å². The number of hydrogen-bond donors (Lipinski definition) is 1. The zero-order valence-corrected chi connectivity index (χ0v) is 14.8. The van der Waals surface area contributed by atoms with Crippen LogP contribution in [0.25, 0.3) is 23.2 Å². The first kappa shape index (κ1) is 16.4. The number of nitrogens with one attached hydrogen (secondary N) is 1. The van der Waals surface area contributed by atoms with Gasteiger partial charge in [0.15, 0.2) is 0 Å². The van der Waals surface area contributed by atoms with E-state index in [1.165, 1.54) is 0 Å². The molecule has 0 radical (unpaired) electrons. The Hall–Kier alpha value is -3.04. The van der Waals surface area contributed by atoms with Crippen LogP contribution in [0, 0.1) is 0 Å². The quantitative estimate of drug-likeness (QED) is 0.499. The Morgan fingerprint density at radius 2 is 1.50 bits per heavy atom. The third kappa shape index (κ3) is 3.22. The van der Waals surface area contributed by atoms with Crippen molar-refractivity contribution in [3.8, 4) is 0 Å². The highest BCUT2D eigenvalue weighted by Crippen LogP contribution is 2.20. The molecule has 128 valence electrons. The van der Waals surface area contributed by atoms with E-state index < -0.39 is 0 Å². The number of aromatic amines is 1. The van der Waals surface area contributed by atoms with Gasteiger partial charge in [0.25, 0.3) is 0 Å². The Balaban J connectivity index is 1.71. The minimum absolute atomic E-state index is 0.101. The predicted octanol–water partition coefficient (Wildman–Crippen LogP) is 5.20. The van der Waals surface area contributed by atoms with E-state index in [1.807, 2.05) is 84.9 Å². The van der Waals surface area contributed by atoms with Crippen LogP contribution in [0.5, 0.6) is 0 Å². The van der Waals surface area contributed by atoms with Gasteiger partial charge in [0.2, 0.25) is 0 Å². The molecule has 4 rings (SSSR count). The summed E-state index contributed by atoms with van der Waals surface area (Å²) in [5.74, 6) is 0. The van der Waals surface area contributed by atoms with Crippen molar-refractivity contribution in [3.05, 3.63) is 105 Å². The molecule has 1 N–H and O–H groups in total. The number of nitrogens with zero attached hydrogens (tertiary/aromatic N) is 1. The number of para-hydroxylation sites is 2. The number of halogens is 1. The molecule has 3 aromatic carbocycles. The van der Waals surface area contributed by atoms with Crippen molar-refractivity contribution in [2.75, 3.05) is 0 Å². The second-order valence-electron chi connectivity index (χ2n) is 6.09. The van der Waals surface area contributed by atoms with Crippen LogP contribution < -0.4 is 5.69 Å². The first-order chi connectivity index (χ1) is 12.7. The second kappa shape index (κ2) is 7.06. The molecule has 4 aromatic rings. The first-order valence-electron chi connectivity index (χ1n) is 8.40. The smallest absolute Gasteiger partial charge is 0.306 e. The van der Waals surface area contributed by atoms with E-state index in [-0.39, 0.29) is 5.69 Å². The summed E-state index contributed by atoms with van der Waals surface area (Å²) in [5.41, 5.74) is 4.75. The van der Waals surface area contributed by atoms with Crippen LogP contribution in [0.15, 0.2) is 77.6 Å². The largest absolute Gasteiger partial charge is 0.326 e. The molecule has 0 bridgehead atoms. The van der Waals surface area contributed by atoms with Gasteiger partial charge in [0.05, 0.1) is 17.6 Å². The number of hydrogen-bond acceptors (Lipinski definition) is 1. The normalized spacial score (nSPS) is 11.4. The maximum Gasteiger partial charge on any atom is 0.326 e. The molecule has 1 aromatic heterocycles. The fraction of sp³-hybridized carbons (Fsp3) is 0.0455. The van der Waals surface area contributed by atoms with Crippen molar-refractivity contribution >= 4 is 34.8 Å². The van der Waals surface area contributed by atoms with Crippen LogP contribution in [0.3, 0.4) is 0 Å². The number of imidazole rings is 1. The molecule has 0 aliphatic carbocycles. The molecule has 0 saturated heterocycles. The van der Waals surface area contributed by atoms with Gasteiger partial charge in [-0.1, -0.05) is 78.4 Å². The number of benzene rings is 3. The average Bonchev–Trinajstić information content (AvgIpc) is 2.98. The minimum atomic E-state index is -0.101. The number of fused-ring (bicyclic) bond motifs is 1. The summed E-state index contributed by atoms with van der Waals surface area (Å²) in [7, 11) is 0. The van der Waals surface area contributed by atoms with E-state index in [2.05, 4.69) is 4.98 Å². The van der Waals surface area contributed by atoms with Crippen molar-refractivity contribution in [2.24, 2.45) is 0 Å². The SMILES string of the molecule is O=c1[nH]c2ccccc2n1Cc1ccccc1/C=C/c1ccccc1Cl. The molecular weight excluding hydrogens is 344 g/mol. The van der Waals surface area contributed by atoms with Crippen LogP contribution >= 0.6 is 11.6 Å². The summed E-state index contributed by atoms with van der Waals surface area (Å²) in [6.07, 6.45) is 4.04. The Kier molecular flexibility index (Phi) is 4.46. The summed E-state index contributed by atoms with van der Waals surface area (Å²) in [6, 6.07) is 23.5. The number of aromatic nitrogens is 2. The topological polar surface area (TPSA) is 37.8 Å². The molecule has 0 aliphatic heterocycles. The Bertz CT molecular complexity index is 1150. The van der Waals surface area contributed by atoms with Crippen LogP contribution in [0.1, 0.15) is 16.7 Å². The third-order valence-corrected chi connectivity index (χ3v) is 4.76. The van der Waals surface area contributed by atoms with Crippen LogP contribution in [-0.4, -0.2) is 9.55 Å². The molecule has 26 heavy (non-hydrogen) atoms. The summed E-state index contributed by atoms with van der Waals surface area (Å²) in [4.78, 5) is 15.3. The maximum absolute atomic E-state index is 12.4. The van der Waals surface area contributed by atoms with Gasteiger partial charge in [-0.25, -0.2) is 4.79 Å². The number of rotatable bonds is 4. The van der Waals surface area contributed by atoms with Gasteiger partial charge in [0.1, 0.15) is 0 Å². The minimum Gasteiger partial charge on any atom is -0.306 e. The summed E-state index contributed by atoms with van der Waals surface area (Å²) >= 11 is 6.23. The second-order valence-corrected chi connectivity index (χ2v) is 6.49. The first-order valence-corrected chi connectivity index (χ1v) is 8.78. The van der Waals surface area contributed by atoms with Crippen molar-refractivity contribution in [3.63, 3.8) is 0 Å². The monoisotopic (exact) mass is 360 g/mol. The van der Waals surface area contributed by atoms with E-state index in [1.54, 1.807) is 4.57 Å². The third-order valence-electron chi connectivity index (χ3n) is 4.41. The highest BCUT2D eigenvalue weighted by atomic mass is 35.5. The predicted molar refractivity (Wildman–Crippen MR) is 108 cm³/mol. The van der Waals surface area contributed by atoms with Gasteiger partial charge < -0.3 is 4.98 Å².